The standard InChI is InChI=1S/C14H25N3O/c1-15-10-13-8-5-9-17(13)11-14(18)16(2)12-6-3-4-7-12/h6,13,15H,3-5,7-11H2,1-2H3. The Hall–Kier alpha value is -0.870. The van der Waals surface area contributed by atoms with Gasteiger partial charge in [0.2, 0.25) is 5.91 Å². The van der Waals surface area contributed by atoms with E-state index in [-0.39, 0.29) is 5.91 Å². The maximum Gasteiger partial charge on any atom is 0.240 e. The van der Waals surface area contributed by atoms with Gasteiger partial charge in [0.1, 0.15) is 0 Å². The molecule has 1 amide bonds. The summed E-state index contributed by atoms with van der Waals surface area (Å²) in [5.41, 5.74) is 1.21. The topological polar surface area (TPSA) is 35.6 Å². The van der Waals surface area contributed by atoms with Crippen LogP contribution in [0.5, 0.6) is 0 Å². The Kier molecular flexibility index (Phi) is 4.78. The van der Waals surface area contributed by atoms with Crippen molar-refractivity contribution < 1.29 is 4.79 Å². The lowest BCUT2D eigenvalue weighted by atomic mass is 10.2. The predicted octanol–water partition coefficient (Wildman–Crippen LogP) is 1.20. The summed E-state index contributed by atoms with van der Waals surface area (Å²) in [6, 6.07) is 0.532. The minimum absolute atomic E-state index is 0.242. The first kappa shape index (κ1) is 13.6. The molecule has 4 nitrogen and oxygen atoms in total. The lowest BCUT2D eigenvalue weighted by Crippen LogP contribution is -2.43. The first-order chi connectivity index (χ1) is 8.72. The zero-order valence-corrected chi connectivity index (χ0v) is 11.6. The molecule has 1 atom stereocenters. The molecule has 0 bridgehead atoms. The summed E-state index contributed by atoms with van der Waals surface area (Å²) in [7, 11) is 3.90. The third kappa shape index (κ3) is 3.12. The summed E-state index contributed by atoms with van der Waals surface area (Å²) in [4.78, 5) is 16.4. The van der Waals surface area contributed by atoms with Gasteiger partial charge in [-0.05, 0) is 45.7 Å². The lowest BCUT2D eigenvalue weighted by molar-refractivity contribution is -0.129. The molecule has 1 N–H and O–H groups in total. The van der Waals surface area contributed by atoms with Crippen LogP contribution in [0.4, 0.5) is 0 Å². The number of likely N-dealkylation sites (N-methyl/N-ethyl adjacent to an activating group) is 2. The highest BCUT2D eigenvalue weighted by Crippen LogP contribution is 2.21. The van der Waals surface area contributed by atoms with Gasteiger partial charge in [-0.25, -0.2) is 0 Å². The molecular formula is C14H25N3O. The minimum Gasteiger partial charge on any atom is -0.318 e. The fourth-order valence-electron chi connectivity index (χ4n) is 2.97. The third-order valence-corrected chi connectivity index (χ3v) is 4.10. The fourth-order valence-corrected chi connectivity index (χ4v) is 2.97. The number of nitrogens with one attached hydrogen (secondary N) is 1. The van der Waals surface area contributed by atoms with E-state index in [4.69, 9.17) is 0 Å². The lowest BCUT2D eigenvalue weighted by Gasteiger charge is -2.27. The number of nitrogens with zero attached hydrogens (tertiary/aromatic N) is 2. The van der Waals surface area contributed by atoms with Crippen LogP contribution in [0, 0.1) is 0 Å². The van der Waals surface area contributed by atoms with E-state index in [0.29, 0.717) is 12.6 Å². The number of hydrogen-bond acceptors (Lipinski definition) is 3. The van der Waals surface area contributed by atoms with Gasteiger partial charge in [0.15, 0.2) is 0 Å². The number of hydrogen-bond donors (Lipinski definition) is 1. The molecular weight excluding hydrogens is 226 g/mol. The molecule has 0 aromatic carbocycles. The molecule has 2 rings (SSSR count). The van der Waals surface area contributed by atoms with Gasteiger partial charge in [0.25, 0.3) is 0 Å². The molecule has 0 saturated carbocycles. The zero-order chi connectivity index (χ0) is 13.0. The van der Waals surface area contributed by atoms with Crippen molar-refractivity contribution in [1.82, 2.24) is 15.1 Å². The fraction of sp³-hybridized carbons (Fsp3) is 0.786. The van der Waals surface area contributed by atoms with Crippen LogP contribution < -0.4 is 5.32 Å². The monoisotopic (exact) mass is 251 g/mol. The Bertz CT molecular complexity index is 327. The molecule has 18 heavy (non-hydrogen) atoms. The van der Waals surface area contributed by atoms with E-state index in [1.807, 2.05) is 19.0 Å². The van der Waals surface area contributed by atoms with E-state index >= 15 is 0 Å². The molecule has 1 aliphatic heterocycles. The third-order valence-electron chi connectivity index (χ3n) is 4.10. The maximum absolute atomic E-state index is 12.3. The van der Waals surface area contributed by atoms with E-state index in [1.54, 1.807) is 0 Å². The molecule has 1 fully saturated rings. The summed E-state index contributed by atoms with van der Waals surface area (Å²) in [6.45, 7) is 2.62. The molecule has 1 aliphatic carbocycles. The van der Waals surface area contributed by atoms with E-state index in [2.05, 4.69) is 16.3 Å². The Morgan fingerprint density at radius 3 is 3.06 bits per heavy atom. The van der Waals surface area contributed by atoms with Gasteiger partial charge in [-0.1, -0.05) is 6.08 Å². The summed E-state index contributed by atoms with van der Waals surface area (Å²) in [5.74, 6) is 0.242. The minimum atomic E-state index is 0.242. The van der Waals surface area contributed by atoms with E-state index < -0.39 is 0 Å². The van der Waals surface area contributed by atoms with E-state index in [0.717, 1.165) is 25.9 Å². The van der Waals surface area contributed by atoms with Crippen LogP contribution in [0.25, 0.3) is 0 Å². The van der Waals surface area contributed by atoms with Crippen LogP contribution in [-0.4, -0.2) is 55.5 Å². The number of amides is 1. The second-order valence-electron chi connectivity index (χ2n) is 5.36. The van der Waals surface area contributed by atoms with Crippen molar-refractivity contribution in [2.24, 2.45) is 0 Å². The van der Waals surface area contributed by atoms with Gasteiger partial charge < -0.3 is 10.2 Å². The number of allylic oxidation sites excluding steroid dienone is 2. The van der Waals surface area contributed by atoms with E-state index in [9.17, 15) is 4.79 Å². The van der Waals surface area contributed by atoms with Crippen LogP contribution in [0.3, 0.4) is 0 Å². The van der Waals surface area contributed by atoms with Gasteiger partial charge >= 0.3 is 0 Å². The van der Waals surface area contributed by atoms with Crippen LogP contribution in [-0.2, 0) is 4.79 Å². The summed E-state index contributed by atoms with van der Waals surface area (Å²) < 4.78 is 0. The first-order valence-corrected chi connectivity index (χ1v) is 7.06. The van der Waals surface area contributed by atoms with Gasteiger partial charge in [-0.3, -0.25) is 9.69 Å². The molecule has 1 heterocycles. The van der Waals surface area contributed by atoms with Crippen molar-refractivity contribution in [2.75, 3.05) is 33.7 Å². The average Bonchev–Trinajstić information content (AvgIpc) is 3.00. The molecule has 0 spiro atoms. The normalized spacial score (nSPS) is 24.3. The van der Waals surface area contributed by atoms with Crippen LogP contribution in [0.1, 0.15) is 32.1 Å². The summed E-state index contributed by atoms with van der Waals surface area (Å²) in [5, 5.41) is 3.22. The highest BCUT2D eigenvalue weighted by atomic mass is 16.2. The molecule has 0 radical (unpaired) electrons. The first-order valence-electron chi connectivity index (χ1n) is 7.06. The molecule has 2 aliphatic rings. The van der Waals surface area contributed by atoms with Gasteiger partial charge in [-0.2, -0.15) is 0 Å². The molecule has 0 aromatic rings. The zero-order valence-electron chi connectivity index (χ0n) is 11.6. The number of carbonyl (C=O) groups excluding carboxylic acids is 1. The van der Waals surface area contributed by atoms with Crippen molar-refractivity contribution >= 4 is 5.91 Å². The maximum atomic E-state index is 12.3. The largest absolute Gasteiger partial charge is 0.318 e. The van der Waals surface area contributed by atoms with Crippen molar-refractivity contribution in [1.29, 1.82) is 0 Å². The number of likely N-dealkylation sites (tertiary alicyclic amines) is 1. The molecule has 1 saturated heterocycles. The van der Waals surface area contributed by atoms with Crippen molar-refractivity contribution in [3.05, 3.63) is 11.8 Å². The van der Waals surface area contributed by atoms with Crippen molar-refractivity contribution in [3.63, 3.8) is 0 Å². The van der Waals surface area contributed by atoms with Gasteiger partial charge in [0, 0.05) is 25.3 Å². The highest BCUT2D eigenvalue weighted by molar-refractivity contribution is 5.79. The second-order valence-corrected chi connectivity index (χ2v) is 5.36. The Balaban J connectivity index is 1.86. The van der Waals surface area contributed by atoms with Crippen molar-refractivity contribution in [2.45, 2.75) is 38.1 Å². The van der Waals surface area contributed by atoms with E-state index in [1.165, 1.54) is 25.0 Å². The molecule has 4 heteroatoms. The van der Waals surface area contributed by atoms with Crippen molar-refractivity contribution in [3.8, 4) is 0 Å². The summed E-state index contributed by atoms with van der Waals surface area (Å²) >= 11 is 0. The number of carbonyl (C=O) groups is 1. The predicted molar refractivity (Wildman–Crippen MR) is 73.2 cm³/mol. The smallest absolute Gasteiger partial charge is 0.240 e. The van der Waals surface area contributed by atoms with Gasteiger partial charge in [0.05, 0.1) is 6.54 Å². The van der Waals surface area contributed by atoms with Gasteiger partial charge in [-0.15, -0.1) is 0 Å². The number of rotatable bonds is 5. The van der Waals surface area contributed by atoms with Crippen LogP contribution in [0.15, 0.2) is 11.8 Å². The summed E-state index contributed by atoms with van der Waals surface area (Å²) in [6.07, 6.45) is 8.00. The average molecular weight is 251 g/mol. The SMILES string of the molecule is CNCC1CCCN1CC(=O)N(C)C1=CCCC1. The Morgan fingerprint density at radius 2 is 2.39 bits per heavy atom. The van der Waals surface area contributed by atoms with Crippen LogP contribution >= 0.6 is 0 Å². The molecule has 102 valence electrons. The second kappa shape index (κ2) is 6.34. The molecule has 0 aromatic heterocycles. The molecule has 1 unspecified atom stereocenters. The highest BCUT2D eigenvalue weighted by Gasteiger charge is 2.27. The Morgan fingerprint density at radius 1 is 1.56 bits per heavy atom. The van der Waals surface area contributed by atoms with Crippen LogP contribution in [0.2, 0.25) is 0 Å². The quantitative estimate of drug-likeness (QED) is 0.797. The Labute approximate surface area is 110 Å².